The van der Waals surface area contributed by atoms with Gasteiger partial charge in [0, 0.05) is 39.4 Å². The van der Waals surface area contributed by atoms with Crippen molar-refractivity contribution < 1.29 is 8.83 Å². The molecule has 0 radical (unpaired) electrons. The van der Waals surface area contributed by atoms with Crippen LogP contribution in [0.2, 0.25) is 0 Å². The molecule has 5 aromatic carbocycles. The average molecular weight is 494 g/mol. The van der Waals surface area contributed by atoms with E-state index in [2.05, 4.69) is 60.9 Å². The second-order valence-corrected chi connectivity index (χ2v) is 10.3. The Morgan fingerprint density at radius 2 is 1.34 bits per heavy atom. The van der Waals surface area contributed by atoms with E-state index in [4.69, 9.17) is 8.83 Å². The van der Waals surface area contributed by atoms with E-state index in [9.17, 15) is 4.79 Å². The standard InChI is InChI=1S/C34H23NO3/c1-19(2)21-10-7-11-25-33(36)24-15-14-20(16-31(24)38-34(21)25)35-28-12-5-3-8-22(28)26-17-27-23-9-4-6-13-30(23)37-32(27)18-29(26)35/h3-19H,1-2H3. The molecule has 0 aliphatic rings. The molecule has 4 heteroatoms. The third kappa shape index (κ3) is 2.83. The van der Waals surface area contributed by atoms with Crippen molar-refractivity contribution in [1.82, 2.24) is 4.57 Å². The van der Waals surface area contributed by atoms with Crippen LogP contribution in [0.25, 0.3) is 71.4 Å². The molecule has 0 spiro atoms. The van der Waals surface area contributed by atoms with Gasteiger partial charge in [0.15, 0.2) is 0 Å². The van der Waals surface area contributed by atoms with Crippen LogP contribution in [0.3, 0.4) is 0 Å². The first-order valence-electron chi connectivity index (χ1n) is 12.9. The molecule has 0 saturated carbocycles. The molecular formula is C34H23NO3. The zero-order chi connectivity index (χ0) is 25.5. The molecule has 3 aromatic heterocycles. The van der Waals surface area contributed by atoms with E-state index in [1.54, 1.807) is 0 Å². The van der Waals surface area contributed by atoms with Crippen molar-refractivity contribution in [2.75, 3.05) is 0 Å². The second kappa shape index (κ2) is 7.59. The highest BCUT2D eigenvalue weighted by Gasteiger charge is 2.18. The van der Waals surface area contributed by atoms with E-state index in [1.807, 2.05) is 54.6 Å². The minimum absolute atomic E-state index is 0.00139. The molecule has 0 unspecified atom stereocenters. The molecule has 8 rings (SSSR count). The fourth-order valence-electron chi connectivity index (χ4n) is 5.95. The van der Waals surface area contributed by atoms with Crippen molar-refractivity contribution in [2.45, 2.75) is 19.8 Å². The van der Waals surface area contributed by atoms with Gasteiger partial charge in [0.25, 0.3) is 0 Å². The maximum atomic E-state index is 13.4. The Balaban J connectivity index is 1.47. The molecule has 0 atom stereocenters. The summed E-state index contributed by atoms with van der Waals surface area (Å²) < 4.78 is 14.9. The Kier molecular flexibility index (Phi) is 4.25. The molecule has 182 valence electrons. The fraction of sp³-hybridized carbons (Fsp3) is 0.0882. The quantitative estimate of drug-likeness (QED) is 0.226. The van der Waals surface area contributed by atoms with Gasteiger partial charge in [-0.25, -0.2) is 0 Å². The van der Waals surface area contributed by atoms with E-state index in [-0.39, 0.29) is 11.3 Å². The lowest BCUT2D eigenvalue weighted by molar-refractivity contribution is 0.648. The molecule has 0 aliphatic heterocycles. The van der Waals surface area contributed by atoms with Gasteiger partial charge in [-0.3, -0.25) is 4.79 Å². The van der Waals surface area contributed by atoms with Crippen molar-refractivity contribution in [1.29, 1.82) is 0 Å². The van der Waals surface area contributed by atoms with E-state index in [0.29, 0.717) is 21.9 Å². The van der Waals surface area contributed by atoms with Gasteiger partial charge >= 0.3 is 0 Å². The first-order valence-corrected chi connectivity index (χ1v) is 12.9. The Morgan fingerprint density at radius 1 is 0.579 bits per heavy atom. The molecular weight excluding hydrogens is 470 g/mol. The maximum absolute atomic E-state index is 13.4. The number of benzene rings is 5. The van der Waals surface area contributed by atoms with Gasteiger partial charge in [-0.15, -0.1) is 0 Å². The summed E-state index contributed by atoms with van der Waals surface area (Å²) >= 11 is 0. The van der Waals surface area contributed by atoms with Crippen LogP contribution in [0.5, 0.6) is 0 Å². The van der Waals surface area contributed by atoms with E-state index in [1.165, 1.54) is 0 Å². The average Bonchev–Trinajstić information content (AvgIpc) is 3.46. The van der Waals surface area contributed by atoms with Crippen molar-refractivity contribution in [3.63, 3.8) is 0 Å². The van der Waals surface area contributed by atoms with Gasteiger partial charge < -0.3 is 13.4 Å². The first-order chi connectivity index (χ1) is 18.6. The van der Waals surface area contributed by atoms with Crippen LogP contribution in [0, 0.1) is 0 Å². The summed E-state index contributed by atoms with van der Waals surface area (Å²) in [5.74, 6) is 0.242. The maximum Gasteiger partial charge on any atom is 0.200 e. The van der Waals surface area contributed by atoms with E-state index in [0.717, 1.165) is 55.0 Å². The molecule has 3 heterocycles. The monoisotopic (exact) mass is 493 g/mol. The third-order valence-electron chi connectivity index (χ3n) is 7.76. The Labute approximate surface area is 217 Å². The van der Waals surface area contributed by atoms with Crippen molar-refractivity contribution in [3.05, 3.63) is 113 Å². The van der Waals surface area contributed by atoms with Crippen molar-refractivity contribution in [3.8, 4) is 5.69 Å². The predicted octanol–water partition coefficient (Wildman–Crippen LogP) is 9.07. The van der Waals surface area contributed by atoms with Crippen LogP contribution in [0.15, 0.2) is 111 Å². The number of rotatable bonds is 2. The number of para-hydroxylation sites is 3. The molecule has 38 heavy (non-hydrogen) atoms. The molecule has 8 aromatic rings. The van der Waals surface area contributed by atoms with Crippen LogP contribution in [0.4, 0.5) is 0 Å². The first kappa shape index (κ1) is 21.3. The fourth-order valence-corrected chi connectivity index (χ4v) is 5.95. The number of hydrogen-bond acceptors (Lipinski definition) is 3. The van der Waals surface area contributed by atoms with Crippen LogP contribution in [0.1, 0.15) is 25.3 Å². The van der Waals surface area contributed by atoms with Crippen LogP contribution < -0.4 is 5.43 Å². The summed E-state index contributed by atoms with van der Waals surface area (Å²) in [6.07, 6.45) is 0. The van der Waals surface area contributed by atoms with E-state index >= 15 is 0 Å². The largest absolute Gasteiger partial charge is 0.456 e. The summed E-state index contributed by atoms with van der Waals surface area (Å²) in [6, 6.07) is 32.6. The summed E-state index contributed by atoms with van der Waals surface area (Å²) in [4.78, 5) is 13.4. The highest BCUT2D eigenvalue weighted by Crippen LogP contribution is 2.38. The van der Waals surface area contributed by atoms with Crippen LogP contribution >= 0.6 is 0 Å². The Hall–Kier alpha value is -4.83. The Bertz CT molecular complexity index is 2300. The zero-order valence-electron chi connectivity index (χ0n) is 21.0. The zero-order valence-corrected chi connectivity index (χ0v) is 21.0. The summed E-state index contributed by atoms with van der Waals surface area (Å²) in [7, 11) is 0. The number of nitrogens with zero attached hydrogens (tertiary/aromatic N) is 1. The highest BCUT2D eigenvalue weighted by molar-refractivity contribution is 6.17. The lowest BCUT2D eigenvalue weighted by Crippen LogP contribution is -2.05. The molecule has 0 N–H and O–H groups in total. The van der Waals surface area contributed by atoms with Crippen molar-refractivity contribution in [2.24, 2.45) is 0 Å². The second-order valence-electron chi connectivity index (χ2n) is 10.3. The van der Waals surface area contributed by atoms with Gasteiger partial charge in [0.1, 0.15) is 22.3 Å². The number of hydrogen-bond donors (Lipinski definition) is 0. The lowest BCUT2D eigenvalue weighted by atomic mass is 10.00. The normalized spacial score (nSPS) is 12.3. The third-order valence-corrected chi connectivity index (χ3v) is 7.76. The summed E-state index contributed by atoms with van der Waals surface area (Å²) in [5, 5.41) is 5.75. The highest BCUT2D eigenvalue weighted by atomic mass is 16.3. The van der Waals surface area contributed by atoms with Gasteiger partial charge in [0.05, 0.1) is 21.8 Å². The number of aromatic nitrogens is 1. The van der Waals surface area contributed by atoms with Crippen LogP contribution in [-0.4, -0.2) is 4.57 Å². The molecule has 0 aliphatic carbocycles. The molecule has 0 fully saturated rings. The van der Waals surface area contributed by atoms with Crippen LogP contribution in [-0.2, 0) is 0 Å². The van der Waals surface area contributed by atoms with E-state index < -0.39 is 0 Å². The van der Waals surface area contributed by atoms with Gasteiger partial charge in [0.2, 0.25) is 5.43 Å². The smallest absolute Gasteiger partial charge is 0.200 e. The summed E-state index contributed by atoms with van der Waals surface area (Å²) in [6.45, 7) is 4.23. The number of furan rings is 1. The topological polar surface area (TPSA) is 48.3 Å². The summed E-state index contributed by atoms with van der Waals surface area (Å²) in [5.41, 5.74) is 7.09. The minimum Gasteiger partial charge on any atom is -0.456 e. The Morgan fingerprint density at radius 3 is 2.21 bits per heavy atom. The molecule has 0 amide bonds. The molecule has 0 bridgehead atoms. The molecule has 4 nitrogen and oxygen atoms in total. The lowest BCUT2D eigenvalue weighted by Gasteiger charge is -2.12. The van der Waals surface area contributed by atoms with Crippen molar-refractivity contribution >= 4 is 65.7 Å². The van der Waals surface area contributed by atoms with Gasteiger partial charge in [-0.2, -0.15) is 0 Å². The predicted molar refractivity (Wildman–Crippen MR) is 156 cm³/mol. The SMILES string of the molecule is CC(C)c1cccc2c(=O)c3ccc(-n4c5ccccc5c5cc6c(cc54)oc4ccccc46)cc3oc12. The number of fused-ring (bicyclic) bond motifs is 8. The van der Waals surface area contributed by atoms with Gasteiger partial charge in [-0.05, 0) is 47.9 Å². The molecule has 0 saturated heterocycles. The van der Waals surface area contributed by atoms with Gasteiger partial charge in [-0.1, -0.05) is 62.4 Å². The minimum atomic E-state index is 0.00139.